The SMILES string of the molecule is CCn1c[n+](CC)c2ccc(CCCN=C(N)N)cc21. The molecule has 108 valence electrons. The predicted molar refractivity (Wildman–Crippen MR) is 82.5 cm³/mol. The van der Waals surface area contributed by atoms with Gasteiger partial charge in [0.2, 0.25) is 6.33 Å². The lowest BCUT2D eigenvalue weighted by Gasteiger charge is -2.00. The normalized spacial score (nSPS) is 10.9. The number of rotatable bonds is 6. The van der Waals surface area contributed by atoms with Crippen LogP contribution in [-0.4, -0.2) is 17.1 Å². The highest BCUT2D eigenvalue weighted by molar-refractivity contribution is 5.75. The van der Waals surface area contributed by atoms with Crippen LogP contribution < -0.4 is 16.0 Å². The summed E-state index contributed by atoms with van der Waals surface area (Å²) in [6.07, 6.45) is 4.14. The Bertz CT molecular complexity index is 608. The fraction of sp³-hybridized carbons (Fsp3) is 0.467. The lowest BCUT2D eigenvalue weighted by molar-refractivity contribution is -0.668. The molecule has 1 aromatic carbocycles. The van der Waals surface area contributed by atoms with E-state index in [1.807, 2.05) is 0 Å². The van der Waals surface area contributed by atoms with Crippen LogP contribution in [0.1, 0.15) is 25.8 Å². The zero-order valence-electron chi connectivity index (χ0n) is 12.3. The van der Waals surface area contributed by atoms with Gasteiger partial charge in [0.1, 0.15) is 0 Å². The van der Waals surface area contributed by atoms with E-state index in [1.165, 1.54) is 16.6 Å². The Hall–Kier alpha value is -2.04. The van der Waals surface area contributed by atoms with Gasteiger partial charge in [-0.15, -0.1) is 0 Å². The fourth-order valence-corrected chi connectivity index (χ4v) is 2.49. The molecule has 0 aliphatic carbocycles. The highest BCUT2D eigenvalue weighted by atomic mass is 15.1. The van der Waals surface area contributed by atoms with Gasteiger partial charge in [-0.05, 0) is 44.4 Å². The zero-order valence-corrected chi connectivity index (χ0v) is 12.3. The molecule has 1 aromatic heterocycles. The molecule has 20 heavy (non-hydrogen) atoms. The highest BCUT2D eigenvalue weighted by Crippen LogP contribution is 2.15. The number of aliphatic imine (C=N–C) groups is 1. The number of guanidine groups is 1. The molecule has 0 amide bonds. The van der Waals surface area contributed by atoms with Crippen LogP contribution in [0.5, 0.6) is 0 Å². The molecule has 5 heteroatoms. The quantitative estimate of drug-likeness (QED) is 0.359. The Morgan fingerprint density at radius 2 is 2.10 bits per heavy atom. The minimum Gasteiger partial charge on any atom is -0.370 e. The Kier molecular flexibility index (Phi) is 4.61. The monoisotopic (exact) mass is 274 g/mol. The molecule has 0 atom stereocenters. The third-order valence-electron chi connectivity index (χ3n) is 3.54. The number of fused-ring (bicyclic) bond motifs is 1. The van der Waals surface area contributed by atoms with Gasteiger partial charge in [-0.3, -0.25) is 4.99 Å². The molecule has 4 N–H and O–H groups in total. The summed E-state index contributed by atoms with van der Waals surface area (Å²) < 4.78 is 4.57. The van der Waals surface area contributed by atoms with Gasteiger partial charge >= 0.3 is 0 Å². The van der Waals surface area contributed by atoms with E-state index in [9.17, 15) is 0 Å². The van der Waals surface area contributed by atoms with Gasteiger partial charge in [-0.1, -0.05) is 6.07 Å². The van der Waals surface area contributed by atoms with Crippen molar-refractivity contribution in [1.82, 2.24) is 4.57 Å². The van der Waals surface area contributed by atoms with Crippen LogP contribution >= 0.6 is 0 Å². The van der Waals surface area contributed by atoms with Crippen molar-refractivity contribution in [2.24, 2.45) is 16.5 Å². The molecular weight excluding hydrogens is 250 g/mol. The van der Waals surface area contributed by atoms with E-state index >= 15 is 0 Å². The minimum absolute atomic E-state index is 0.171. The molecule has 2 aromatic rings. The van der Waals surface area contributed by atoms with Gasteiger partial charge in [0, 0.05) is 6.54 Å². The maximum absolute atomic E-state index is 5.32. The number of imidazole rings is 1. The van der Waals surface area contributed by atoms with Gasteiger partial charge < -0.3 is 11.5 Å². The summed E-state index contributed by atoms with van der Waals surface area (Å²) in [5, 5.41) is 0. The van der Waals surface area contributed by atoms with E-state index < -0.39 is 0 Å². The first kappa shape index (κ1) is 14.4. The maximum Gasteiger partial charge on any atom is 0.244 e. The largest absolute Gasteiger partial charge is 0.370 e. The van der Waals surface area contributed by atoms with Crippen LogP contribution in [-0.2, 0) is 19.5 Å². The van der Waals surface area contributed by atoms with Crippen molar-refractivity contribution < 1.29 is 4.57 Å². The standard InChI is InChI=1S/C15H24N5/c1-3-19-11-20(4-2)14-10-12(7-8-13(14)19)6-5-9-18-15(16)17/h7-8,10-11H,3-6,9H2,1-2H3,(H4,16,17,18)/q+1. The summed E-state index contributed by atoms with van der Waals surface area (Å²) in [5.74, 6) is 0.171. The first-order chi connectivity index (χ1) is 9.65. The van der Waals surface area contributed by atoms with Crippen molar-refractivity contribution in [2.45, 2.75) is 39.8 Å². The van der Waals surface area contributed by atoms with E-state index in [2.05, 4.69) is 52.5 Å². The lowest BCUT2D eigenvalue weighted by Crippen LogP contribution is -2.30. The summed E-state index contributed by atoms with van der Waals surface area (Å²) in [4.78, 5) is 4.02. The number of benzene rings is 1. The van der Waals surface area contributed by atoms with Gasteiger partial charge in [0.25, 0.3) is 0 Å². The summed E-state index contributed by atoms with van der Waals surface area (Å²) >= 11 is 0. The Balaban J connectivity index is 2.18. The molecule has 0 spiro atoms. The summed E-state index contributed by atoms with van der Waals surface area (Å²) in [5.41, 5.74) is 14.6. The Morgan fingerprint density at radius 3 is 2.75 bits per heavy atom. The van der Waals surface area contributed by atoms with Gasteiger partial charge in [-0.25, -0.2) is 9.13 Å². The molecule has 0 bridgehead atoms. The van der Waals surface area contributed by atoms with Crippen molar-refractivity contribution in [3.63, 3.8) is 0 Å². The summed E-state index contributed by atoms with van der Waals surface area (Å²) in [6, 6.07) is 6.69. The molecule has 0 saturated heterocycles. The number of hydrogen-bond donors (Lipinski definition) is 2. The van der Waals surface area contributed by atoms with Crippen molar-refractivity contribution in [2.75, 3.05) is 6.54 Å². The number of aryl methyl sites for hydroxylation is 3. The Labute approximate surface area is 119 Å². The molecule has 0 aliphatic rings. The molecular formula is C15H24N5+. The minimum atomic E-state index is 0.171. The highest BCUT2D eigenvalue weighted by Gasteiger charge is 2.13. The van der Waals surface area contributed by atoms with Crippen molar-refractivity contribution >= 4 is 17.0 Å². The number of hydrogen-bond acceptors (Lipinski definition) is 1. The van der Waals surface area contributed by atoms with Gasteiger partial charge in [0.05, 0.1) is 13.1 Å². The van der Waals surface area contributed by atoms with Crippen LogP contribution in [0.4, 0.5) is 0 Å². The van der Waals surface area contributed by atoms with E-state index in [-0.39, 0.29) is 5.96 Å². The topological polar surface area (TPSA) is 73.2 Å². The van der Waals surface area contributed by atoms with Crippen molar-refractivity contribution in [1.29, 1.82) is 0 Å². The third-order valence-corrected chi connectivity index (χ3v) is 3.54. The predicted octanol–water partition coefficient (Wildman–Crippen LogP) is 1.17. The maximum atomic E-state index is 5.32. The number of nitrogens with zero attached hydrogens (tertiary/aromatic N) is 3. The zero-order chi connectivity index (χ0) is 14.5. The van der Waals surface area contributed by atoms with E-state index in [0.717, 1.165) is 25.9 Å². The molecule has 0 radical (unpaired) electrons. The smallest absolute Gasteiger partial charge is 0.244 e. The average Bonchev–Trinajstić information content (AvgIpc) is 2.80. The van der Waals surface area contributed by atoms with Crippen LogP contribution in [0.25, 0.3) is 11.0 Å². The number of aromatic nitrogens is 2. The summed E-state index contributed by atoms with van der Waals surface area (Å²) in [7, 11) is 0. The van der Waals surface area contributed by atoms with E-state index in [4.69, 9.17) is 11.5 Å². The molecule has 0 unspecified atom stereocenters. The molecule has 1 heterocycles. The van der Waals surface area contributed by atoms with E-state index in [0.29, 0.717) is 6.54 Å². The second-order valence-corrected chi connectivity index (χ2v) is 4.92. The third kappa shape index (κ3) is 3.10. The van der Waals surface area contributed by atoms with Crippen LogP contribution in [0.2, 0.25) is 0 Å². The van der Waals surface area contributed by atoms with Crippen LogP contribution in [0.3, 0.4) is 0 Å². The molecule has 2 rings (SSSR count). The molecule has 0 fully saturated rings. The fourth-order valence-electron chi connectivity index (χ4n) is 2.49. The van der Waals surface area contributed by atoms with Crippen LogP contribution in [0.15, 0.2) is 29.5 Å². The first-order valence-corrected chi connectivity index (χ1v) is 7.22. The lowest BCUT2D eigenvalue weighted by atomic mass is 10.1. The second kappa shape index (κ2) is 6.41. The van der Waals surface area contributed by atoms with Gasteiger partial charge in [0.15, 0.2) is 17.0 Å². The molecule has 0 saturated carbocycles. The molecule has 5 nitrogen and oxygen atoms in total. The van der Waals surface area contributed by atoms with Gasteiger partial charge in [-0.2, -0.15) is 0 Å². The first-order valence-electron chi connectivity index (χ1n) is 7.22. The van der Waals surface area contributed by atoms with Crippen LogP contribution in [0, 0.1) is 0 Å². The summed E-state index contributed by atoms with van der Waals surface area (Å²) in [6.45, 7) is 7.01. The van der Waals surface area contributed by atoms with Crippen molar-refractivity contribution in [3.8, 4) is 0 Å². The second-order valence-electron chi connectivity index (χ2n) is 4.92. The van der Waals surface area contributed by atoms with Crippen molar-refractivity contribution in [3.05, 3.63) is 30.1 Å². The number of nitrogens with two attached hydrogens (primary N) is 2. The van der Waals surface area contributed by atoms with E-state index in [1.54, 1.807) is 0 Å². The Morgan fingerprint density at radius 1 is 1.30 bits per heavy atom. The average molecular weight is 274 g/mol. The molecule has 0 aliphatic heterocycles.